The van der Waals surface area contributed by atoms with E-state index < -0.39 is 0 Å². The Kier molecular flexibility index (Phi) is 4.88. The highest BCUT2D eigenvalue weighted by Gasteiger charge is 2.25. The van der Waals surface area contributed by atoms with Crippen molar-refractivity contribution in [2.45, 2.75) is 26.2 Å². The Morgan fingerprint density at radius 1 is 1.14 bits per heavy atom. The molecule has 114 valence electrons. The predicted octanol–water partition coefficient (Wildman–Crippen LogP) is 2.95. The largest absolute Gasteiger partial charge is 0.507 e. The van der Waals surface area contributed by atoms with Gasteiger partial charge < -0.3 is 10.4 Å². The summed E-state index contributed by atoms with van der Waals surface area (Å²) in [6.07, 6.45) is 3.85. The van der Waals surface area contributed by atoms with E-state index in [4.69, 9.17) is 0 Å². The van der Waals surface area contributed by atoms with Gasteiger partial charge in [0.2, 0.25) is 0 Å². The lowest BCUT2D eigenvalue weighted by atomic mass is 9.91. The fourth-order valence-corrected chi connectivity index (χ4v) is 2.20. The number of ketones is 3. The molecule has 1 aliphatic rings. The van der Waals surface area contributed by atoms with Gasteiger partial charge >= 0.3 is 0 Å². The van der Waals surface area contributed by atoms with E-state index in [1.165, 1.54) is 19.2 Å². The first-order chi connectivity index (χ1) is 10.5. The minimum atomic E-state index is -0.317. The summed E-state index contributed by atoms with van der Waals surface area (Å²) < 4.78 is 0. The van der Waals surface area contributed by atoms with Crippen LogP contribution in [0.1, 0.15) is 36.5 Å². The highest BCUT2D eigenvalue weighted by molar-refractivity contribution is 6.22. The number of allylic oxidation sites excluding steroid dienone is 2. The Labute approximate surface area is 128 Å². The number of nitrogens with one attached hydrogen (secondary N) is 1. The van der Waals surface area contributed by atoms with E-state index >= 15 is 0 Å². The number of hydrogen-bond acceptors (Lipinski definition) is 5. The van der Waals surface area contributed by atoms with Gasteiger partial charge in [0, 0.05) is 30.3 Å². The standard InChI is InChI=1S/C17H17NO4/c1-11(19)12-5-7-13(8-6-12)18-10-9-16(22)17-14(20)3-2-4-15(17)21/h5-10,18,22H,2-4H2,1H3/b10-9-. The predicted molar refractivity (Wildman–Crippen MR) is 82.7 cm³/mol. The number of aliphatic hydroxyl groups excluding tert-OH is 1. The van der Waals surface area contributed by atoms with Crippen molar-refractivity contribution in [3.8, 4) is 0 Å². The summed E-state index contributed by atoms with van der Waals surface area (Å²) in [5.74, 6) is -0.963. The number of anilines is 1. The molecule has 1 fully saturated rings. The molecule has 1 saturated carbocycles. The van der Waals surface area contributed by atoms with Crippen LogP contribution in [0, 0.1) is 0 Å². The van der Waals surface area contributed by atoms with Gasteiger partial charge in [-0.25, -0.2) is 0 Å². The van der Waals surface area contributed by atoms with Crippen LogP contribution in [-0.2, 0) is 9.59 Å². The molecule has 0 radical (unpaired) electrons. The number of rotatable bonds is 4. The molecule has 0 aromatic heterocycles. The van der Waals surface area contributed by atoms with E-state index in [0.29, 0.717) is 24.8 Å². The third-order valence-electron chi connectivity index (χ3n) is 3.40. The molecule has 5 heteroatoms. The second kappa shape index (κ2) is 6.85. The SMILES string of the molecule is CC(=O)c1ccc(N/C=C\C(O)=C2C(=O)CCCC2=O)cc1. The van der Waals surface area contributed by atoms with E-state index in [1.54, 1.807) is 24.3 Å². The zero-order chi connectivity index (χ0) is 16.1. The number of benzene rings is 1. The van der Waals surface area contributed by atoms with Gasteiger partial charge in [-0.3, -0.25) is 14.4 Å². The van der Waals surface area contributed by atoms with Gasteiger partial charge in [0.15, 0.2) is 17.3 Å². The van der Waals surface area contributed by atoms with Crippen LogP contribution in [0.3, 0.4) is 0 Å². The van der Waals surface area contributed by atoms with E-state index in [0.717, 1.165) is 5.69 Å². The summed E-state index contributed by atoms with van der Waals surface area (Å²) in [5.41, 5.74) is 1.22. The first kappa shape index (κ1) is 15.7. The van der Waals surface area contributed by atoms with Crippen LogP contribution < -0.4 is 5.32 Å². The van der Waals surface area contributed by atoms with Gasteiger partial charge in [-0.2, -0.15) is 0 Å². The summed E-state index contributed by atoms with van der Waals surface area (Å²) in [7, 11) is 0. The van der Waals surface area contributed by atoms with Gasteiger partial charge in [0.25, 0.3) is 0 Å². The Balaban J connectivity index is 2.06. The molecule has 1 aromatic carbocycles. The van der Waals surface area contributed by atoms with Gasteiger partial charge in [0.05, 0.1) is 0 Å². The Morgan fingerprint density at radius 2 is 1.73 bits per heavy atom. The van der Waals surface area contributed by atoms with Crippen molar-refractivity contribution in [3.05, 3.63) is 53.4 Å². The molecule has 0 amide bonds. The Morgan fingerprint density at radius 3 is 2.27 bits per heavy atom. The smallest absolute Gasteiger partial charge is 0.170 e. The van der Waals surface area contributed by atoms with E-state index in [9.17, 15) is 19.5 Å². The summed E-state index contributed by atoms with van der Waals surface area (Å²) >= 11 is 0. The van der Waals surface area contributed by atoms with Crippen LogP contribution in [0.15, 0.2) is 47.9 Å². The van der Waals surface area contributed by atoms with Crippen molar-refractivity contribution in [2.24, 2.45) is 0 Å². The maximum Gasteiger partial charge on any atom is 0.170 e. The summed E-state index contributed by atoms with van der Waals surface area (Å²) in [5, 5.41) is 12.8. The number of Topliss-reactive ketones (excluding diaryl/α,β-unsaturated/α-hetero) is 3. The van der Waals surface area contributed by atoms with Crippen molar-refractivity contribution in [3.63, 3.8) is 0 Å². The maximum atomic E-state index is 11.7. The third kappa shape index (κ3) is 3.69. The second-order valence-electron chi connectivity index (χ2n) is 5.07. The van der Waals surface area contributed by atoms with Gasteiger partial charge in [-0.15, -0.1) is 0 Å². The minimum absolute atomic E-state index is 0.0150. The number of hydrogen-bond donors (Lipinski definition) is 2. The minimum Gasteiger partial charge on any atom is -0.507 e. The molecule has 2 N–H and O–H groups in total. The second-order valence-corrected chi connectivity index (χ2v) is 5.07. The fraction of sp³-hybridized carbons (Fsp3) is 0.235. The molecular formula is C17H17NO4. The summed E-state index contributed by atoms with van der Waals surface area (Å²) in [6, 6.07) is 6.82. The highest BCUT2D eigenvalue weighted by Crippen LogP contribution is 2.19. The fourth-order valence-electron chi connectivity index (χ4n) is 2.20. The van der Waals surface area contributed by atoms with Crippen LogP contribution in [-0.4, -0.2) is 22.5 Å². The van der Waals surface area contributed by atoms with Gasteiger partial charge in [0.1, 0.15) is 11.3 Å². The van der Waals surface area contributed by atoms with Crippen LogP contribution >= 0.6 is 0 Å². The quantitative estimate of drug-likeness (QED) is 0.386. The first-order valence-corrected chi connectivity index (χ1v) is 7.03. The molecule has 2 rings (SSSR count). The van der Waals surface area contributed by atoms with Crippen LogP contribution in [0.2, 0.25) is 0 Å². The molecule has 22 heavy (non-hydrogen) atoms. The molecule has 1 aromatic rings. The van der Waals surface area contributed by atoms with Gasteiger partial charge in [-0.05, 0) is 43.7 Å². The van der Waals surface area contributed by atoms with Crippen molar-refractivity contribution < 1.29 is 19.5 Å². The average molecular weight is 299 g/mol. The molecule has 1 aliphatic carbocycles. The van der Waals surface area contributed by atoms with Crippen LogP contribution in [0.4, 0.5) is 5.69 Å². The van der Waals surface area contributed by atoms with Crippen LogP contribution in [0.5, 0.6) is 0 Å². The van der Waals surface area contributed by atoms with Gasteiger partial charge in [-0.1, -0.05) is 0 Å². The number of carbonyl (C=O) groups is 3. The van der Waals surface area contributed by atoms with E-state index in [-0.39, 0.29) is 28.7 Å². The molecule has 0 atom stereocenters. The highest BCUT2D eigenvalue weighted by atomic mass is 16.3. The first-order valence-electron chi connectivity index (χ1n) is 7.03. The maximum absolute atomic E-state index is 11.7. The zero-order valence-corrected chi connectivity index (χ0v) is 12.3. The molecule has 5 nitrogen and oxygen atoms in total. The molecule has 0 heterocycles. The lowest BCUT2D eigenvalue weighted by molar-refractivity contribution is -0.124. The lowest BCUT2D eigenvalue weighted by Gasteiger charge is -2.12. The van der Waals surface area contributed by atoms with E-state index in [2.05, 4.69) is 5.32 Å². The zero-order valence-electron chi connectivity index (χ0n) is 12.3. The molecule has 0 bridgehead atoms. The summed E-state index contributed by atoms with van der Waals surface area (Å²) in [4.78, 5) is 34.5. The Hall–Kier alpha value is -2.69. The molecule has 0 aliphatic heterocycles. The monoisotopic (exact) mass is 299 g/mol. The van der Waals surface area contributed by atoms with Crippen molar-refractivity contribution in [1.82, 2.24) is 0 Å². The van der Waals surface area contributed by atoms with Crippen molar-refractivity contribution in [2.75, 3.05) is 5.32 Å². The molecule has 0 spiro atoms. The van der Waals surface area contributed by atoms with Crippen molar-refractivity contribution in [1.29, 1.82) is 0 Å². The summed E-state index contributed by atoms with van der Waals surface area (Å²) in [6.45, 7) is 1.49. The van der Waals surface area contributed by atoms with Crippen LogP contribution in [0.25, 0.3) is 0 Å². The number of carbonyl (C=O) groups excluding carboxylic acids is 3. The topological polar surface area (TPSA) is 83.5 Å². The van der Waals surface area contributed by atoms with Crippen molar-refractivity contribution >= 4 is 23.0 Å². The van der Waals surface area contributed by atoms with E-state index in [1.807, 2.05) is 0 Å². The number of aliphatic hydroxyl groups is 1. The lowest BCUT2D eigenvalue weighted by Crippen LogP contribution is -2.20. The molecular weight excluding hydrogens is 282 g/mol. The Bertz CT molecular complexity index is 650. The molecule has 0 unspecified atom stereocenters. The third-order valence-corrected chi connectivity index (χ3v) is 3.40. The normalized spacial score (nSPS) is 15.2. The average Bonchev–Trinajstić information content (AvgIpc) is 2.47. The molecule has 0 saturated heterocycles.